The smallest absolute Gasteiger partial charge is 0.261 e. The first-order chi connectivity index (χ1) is 13.3. The average Bonchev–Trinajstić information content (AvgIpc) is 2.70. The van der Waals surface area contributed by atoms with Crippen LogP contribution in [0.4, 0.5) is 0 Å². The number of carbonyl (C=O) groups excluding carboxylic acids is 2. The van der Waals surface area contributed by atoms with Gasteiger partial charge in [-0.2, -0.15) is 0 Å². The topological polar surface area (TPSA) is 58.6 Å². The molecule has 0 bridgehead atoms. The molecule has 0 saturated carbocycles. The summed E-state index contributed by atoms with van der Waals surface area (Å²) in [6, 6.07) is 12.3. The molecule has 2 aromatic carbocycles. The Bertz CT molecular complexity index is 827. The quantitative estimate of drug-likeness (QED) is 0.633. The van der Waals surface area contributed by atoms with E-state index >= 15 is 0 Å². The Balaban J connectivity index is 2.13. The number of amides is 2. The number of ether oxygens (including phenoxy) is 1. The van der Waals surface area contributed by atoms with Crippen molar-refractivity contribution >= 4 is 39.3 Å². The van der Waals surface area contributed by atoms with E-state index < -0.39 is 6.04 Å². The molecule has 0 unspecified atom stereocenters. The lowest BCUT2D eigenvalue weighted by molar-refractivity contribution is -0.142. The van der Waals surface area contributed by atoms with E-state index in [1.165, 1.54) is 10.5 Å². The normalized spacial score (nSPS) is 11.6. The number of nitrogens with one attached hydrogen (secondary N) is 1. The highest BCUT2D eigenvalue weighted by Crippen LogP contribution is 2.26. The molecular formula is C21H24BrClN2O3. The van der Waals surface area contributed by atoms with E-state index in [4.69, 9.17) is 16.3 Å². The molecule has 0 radical (unpaired) electrons. The van der Waals surface area contributed by atoms with Crippen LogP contribution in [-0.2, 0) is 22.6 Å². The molecule has 5 nitrogen and oxygen atoms in total. The van der Waals surface area contributed by atoms with Crippen molar-refractivity contribution in [3.8, 4) is 5.75 Å². The predicted molar refractivity (Wildman–Crippen MR) is 115 cm³/mol. The Labute approximate surface area is 179 Å². The molecule has 0 aliphatic heterocycles. The largest absolute Gasteiger partial charge is 0.483 e. The van der Waals surface area contributed by atoms with Gasteiger partial charge < -0.3 is 15.0 Å². The third kappa shape index (κ3) is 5.97. The molecule has 2 rings (SSSR count). The fourth-order valence-electron chi connectivity index (χ4n) is 2.68. The van der Waals surface area contributed by atoms with Crippen molar-refractivity contribution in [2.45, 2.75) is 32.9 Å². The summed E-state index contributed by atoms with van der Waals surface area (Å²) < 4.78 is 6.50. The SMILES string of the molecule is CCc1ccc(OCC(=O)N(Cc2ccc(Cl)cc2)[C@H](C)C(=O)NC)c(Br)c1. The number of nitrogens with zero attached hydrogens (tertiary/aromatic N) is 1. The number of carbonyl (C=O) groups is 2. The van der Waals surface area contributed by atoms with E-state index in [0.29, 0.717) is 10.8 Å². The molecule has 28 heavy (non-hydrogen) atoms. The van der Waals surface area contributed by atoms with E-state index in [-0.39, 0.29) is 25.0 Å². The van der Waals surface area contributed by atoms with Crippen molar-refractivity contribution in [2.75, 3.05) is 13.7 Å². The van der Waals surface area contributed by atoms with E-state index in [0.717, 1.165) is 16.5 Å². The Kier molecular flexibility index (Phi) is 8.33. The molecule has 0 aliphatic rings. The summed E-state index contributed by atoms with van der Waals surface area (Å²) in [5.74, 6) is 0.0675. The average molecular weight is 468 g/mol. The third-order valence-electron chi connectivity index (χ3n) is 4.44. The highest BCUT2D eigenvalue weighted by atomic mass is 79.9. The third-order valence-corrected chi connectivity index (χ3v) is 5.31. The van der Waals surface area contributed by atoms with Crippen LogP contribution in [0.5, 0.6) is 5.75 Å². The summed E-state index contributed by atoms with van der Waals surface area (Å²) in [4.78, 5) is 26.5. The minimum absolute atomic E-state index is 0.168. The molecule has 0 aliphatic carbocycles. The number of benzene rings is 2. The van der Waals surface area contributed by atoms with Gasteiger partial charge in [0.05, 0.1) is 4.47 Å². The first-order valence-corrected chi connectivity index (χ1v) is 10.2. The molecule has 150 valence electrons. The van der Waals surface area contributed by atoms with Crippen LogP contribution >= 0.6 is 27.5 Å². The highest BCUT2D eigenvalue weighted by molar-refractivity contribution is 9.10. The maximum atomic E-state index is 12.9. The molecule has 7 heteroatoms. The number of likely N-dealkylation sites (N-methyl/N-ethyl adjacent to an activating group) is 1. The highest BCUT2D eigenvalue weighted by Gasteiger charge is 2.26. The van der Waals surface area contributed by atoms with Crippen LogP contribution in [0, 0.1) is 0 Å². The number of hydrogen-bond acceptors (Lipinski definition) is 3. The maximum absolute atomic E-state index is 12.9. The zero-order valence-corrected chi connectivity index (χ0v) is 18.5. The van der Waals surface area contributed by atoms with Crippen LogP contribution in [0.15, 0.2) is 46.9 Å². The number of rotatable bonds is 8. The van der Waals surface area contributed by atoms with Gasteiger partial charge in [-0.25, -0.2) is 0 Å². The Morgan fingerprint density at radius 2 is 1.82 bits per heavy atom. The van der Waals surface area contributed by atoms with Gasteiger partial charge in [0.1, 0.15) is 11.8 Å². The van der Waals surface area contributed by atoms with Crippen molar-refractivity contribution < 1.29 is 14.3 Å². The van der Waals surface area contributed by atoms with Gasteiger partial charge in [0, 0.05) is 18.6 Å². The van der Waals surface area contributed by atoms with Gasteiger partial charge in [0.2, 0.25) is 5.91 Å². The summed E-state index contributed by atoms with van der Waals surface area (Å²) >= 11 is 9.40. The predicted octanol–water partition coefficient (Wildman–Crippen LogP) is 4.21. The zero-order chi connectivity index (χ0) is 20.7. The van der Waals surface area contributed by atoms with Crippen molar-refractivity contribution in [3.63, 3.8) is 0 Å². The van der Waals surface area contributed by atoms with Gasteiger partial charge >= 0.3 is 0 Å². The van der Waals surface area contributed by atoms with Crippen LogP contribution in [0.1, 0.15) is 25.0 Å². The van der Waals surface area contributed by atoms with Crippen molar-refractivity contribution in [1.29, 1.82) is 0 Å². The van der Waals surface area contributed by atoms with Gasteiger partial charge in [-0.3, -0.25) is 9.59 Å². The van der Waals surface area contributed by atoms with Gasteiger partial charge in [-0.05, 0) is 64.7 Å². The lowest BCUT2D eigenvalue weighted by Gasteiger charge is -2.28. The first kappa shape index (κ1) is 22.2. The Morgan fingerprint density at radius 3 is 2.39 bits per heavy atom. The number of hydrogen-bond donors (Lipinski definition) is 1. The fourth-order valence-corrected chi connectivity index (χ4v) is 3.35. The maximum Gasteiger partial charge on any atom is 0.261 e. The minimum atomic E-state index is -0.636. The molecule has 2 amide bonds. The van der Waals surface area contributed by atoms with Crippen LogP contribution in [-0.4, -0.2) is 36.4 Å². The summed E-state index contributed by atoms with van der Waals surface area (Å²) in [5, 5.41) is 3.20. The summed E-state index contributed by atoms with van der Waals surface area (Å²) in [5.41, 5.74) is 2.05. The summed E-state index contributed by atoms with van der Waals surface area (Å²) in [6.45, 7) is 3.88. The Hall–Kier alpha value is -2.05. The molecule has 1 atom stereocenters. The van der Waals surface area contributed by atoms with Crippen molar-refractivity contribution in [3.05, 3.63) is 63.1 Å². The van der Waals surface area contributed by atoms with Gasteiger partial charge in [0.15, 0.2) is 6.61 Å². The number of halogens is 2. The second-order valence-corrected chi connectivity index (χ2v) is 7.64. The van der Waals surface area contributed by atoms with Gasteiger partial charge in [-0.15, -0.1) is 0 Å². The molecule has 1 N–H and O–H groups in total. The van der Waals surface area contributed by atoms with E-state index in [1.807, 2.05) is 30.3 Å². The van der Waals surface area contributed by atoms with E-state index in [2.05, 4.69) is 28.2 Å². The van der Waals surface area contributed by atoms with E-state index in [9.17, 15) is 9.59 Å². The molecule has 0 aromatic heterocycles. The van der Waals surface area contributed by atoms with Crippen molar-refractivity contribution in [1.82, 2.24) is 10.2 Å². The summed E-state index contributed by atoms with van der Waals surface area (Å²) in [6.07, 6.45) is 0.913. The standard InChI is InChI=1S/C21H24BrClN2O3/c1-4-15-7-10-19(18(22)11-15)28-13-20(26)25(14(2)21(27)24-3)12-16-5-8-17(23)9-6-16/h5-11,14H,4,12-13H2,1-3H3,(H,24,27)/t14-/m1/s1. The number of aryl methyl sites for hydroxylation is 1. The molecule has 0 saturated heterocycles. The van der Waals surface area contributed by atoms with Crippen LogP contribution in [0.3, 0.4) is 0 Å². The zero-order valence-electron chi connectivity index (χ0n) is 16.2. The molecular weight excluding hydrogens is 444 g/mol. The van der Waals surface area contributed by atoms with Crippen LogP contribution < -0.4 is 10.1 Å². The van der Waals surface area contributed by atoms with Crippen molar-refractivity contribution in [2.24, 2.45) is 0 Å². The summed E-state index contributed by atoms with van der Waals surface area (Å²) in [7, 11) is 1.55. The van der Waals surface area contributed by atoms with Gasteiger partial charge in [-0.1, -0.05) is 36.7 Å². The fraction of sp³-hybridized carbons (Fsp3) is 0.333. The minimum Gasteiger partial charge on any atom is -0.483 e. The molecule has 0 spiro atoms. The molecule has 2 aromatic rings. The van der Waals surface area contributed by atoms with Gasteiger partial charge in [0.25, 0.3) is 5.91 Å². The molecule has 0 fully saturated rings. The first-order valence-electron chi connectivity index (χ1n) is 9.02. The van der Waals surface area contributed by atoms with E-state index in [1.54, 1.807) is 26.1 Å². The van der Waals surface area contributed by atoms with Crippen LogP contribution in [0.2, 0.25) is 5.02 Å². The van der Waals surface area contributed by atoms with Crippen LogP contribution in [0.25, 0.3) is 0 Å². The second-order valence-electron chi connectivity index (χ2n) is 6.35. The molecule has 0 heterocycles. The monoisotopic (exact) mass is 466 g/mol. The lowest BCUT2D eigenvalue weighted by atomic mass is 10.1. The lowest BCUT2D eigenvalue weighted by Crippen LogP contribution is -2.48. The second kappa shape index (κ2) is 10.5. The Morgan fingerprint density at radius 1 is 1.18 bits per heavy atom.